The molecule has 2 aromatic rings. The molecule has 0 aliphatic carbocycles. The van der Waals surface area contributed by atoms with Gasteiger partial charge in [-0.2, -0.15) is 0 Å². The third kappa shape index (κ3) is 3.83. The molecule has 7 nitrogen and oxygen atoms in total. The number of sulfonamides is 1. The molecule has 2 amide bonds. The number of amides is 2. The van der Waals surface area contributed by atoms with E-state index in [9.17, 15) is 18.0 Å². The van der Waals surface area contributed by atoms with Crippen molar-refractivity contribution in [1.82, 2.24) is 0 Å². The molecule has 0 unspecified atom stereocenters. The first-order valence-corrected chi connectivity index (χ1v) is 10.4. The summed E-state index contributed by atoms with van der Waals surface area (Å²) in [6.07, 6.45) is 0.963. The number of ether oxygens (including phenoxy) is 1. The minimum absolute atomic E-state index is 0.0906. The van der Waals surface area contributed by atoms with Crippen molar-refractivity contribution in [3.8, 4) is 5.75 Å². The number of anilines is 2. The third-order valence-corrected chi connectivity index (χ3v) is 6.28. The van der Waals surface area contributed by atoms with Crippen LogP contribution in [-0.4, -0.2) is 27.3 Å². The first-order chi connectivity index (χ1) is 13.2. The van der Waals surface area contributed by atoms with Crippen LogP contribution < -0.4 is 14.4 Å². The molecule has 0 bridgehead atoms. The number of piperidine rings is 1. The van der Waals surface area contributed by atoms with Gasteiger partial charge in [0.05, 0.1) is 18.5 Å². The van der Waals surface area contributed by atoms with Crippen LogP contribution in [0.5, 0.6) is 5.75 Å². The van der Waals surface area contributed by atoms with Gasteiger partial charge in [-0.15, -0.1) is 0 Å². The van der Waals surface area contributed by atoms with Gasteiger partial charge in [-0.3, -0.25) is 19.2 Å². The Morgan fingerprint density at radius 1 is 1.11 bits per heavy atom. The molecule has 3 rings (SSSR count). The Bertz CT molecular complexity index is 1040. The highest BCUT2D eigenvalue weighted by Gasteiger charge is 2.30. The second-order valence-electron chi connectivity index (χ2n) is 6.33. The van der Waals surface area contributed by atoms with Gasteiger partial charge in [0.15, 0.2) is 0 Å². The predicted octanol–water partition coefficient (Wildman–Crippen LogP) is 3.50. The maximum atomic E-state index is 13.0. The summed E-state index contributed by atoms with van der Waals surface area (Å²) >= 11 is 6.06. The van der Waals surface area contributed by atoms with Crippen LogP contribution in [0.25, 0.3) is 0 Å². The Kier molecular flexibility index (Phi) is 5.62. The molecule has 1 fully saturated rings. The van der Waals surface area contributed by atoms with Gasteiger partial charge in [-0.25, -0.2) is 8.42 Å². The molecule has 0 aromatic heterocycles. The summed E-state index contributed by atoms with van der Waals surface area (Å²) in [7, 11) is -2.73. The van der Waals surface area contributed by atoms with Crippen LogP contribution in [-0.2, 0) is 19.6 Å². The molecule has 1 heterocycles. The van der Waals surface area contributed by atoms with Crippen molar-refractivity contribution in [3.63, 3.8) is 0 Å². The number of imide groups is 1. The van der Waals surface area contributed by atoms with Crippen LogP contribution in [0.3, 0.4) is 0 Å². The molecule has 0 radical (unpaired) electrons. The number of benzene rings is 2. The molecule has 1 aliphatic heterocycles. The lowest BCUT2D eigenvalue weighted by Gasteiger charge is -2.25. The van der Waals surface area contributed by atoms with E-state index in [1.54, 1.807) is 25.1 Å². The van der Waals surface area contributed by atoms with Gasteiger partial charge in [-0.05, 0) is 49.2 Å². The minimum atomic E-state index is -4.07. The van der Waals surface area contributed by atoms with Crippen molar-refractivity contribution in [2.24, 2.45) is 0 Å². The molecular formula is C19H19ClN2O5S. The number of rotatable bonds is 5. The van der Waals surface area contributed by atoms with E-state index in [-0.39, 0.29) is 41.0 Å². The first-order valence-electron chi connectivity index (χ1n) is 8.56. The fourth-order valence-corrected chi connectivity index (χ4v) is 4.46. The Labute approximate surface area is 168 Å². The zero-order valence-corrected chi connectivity index (χ0v) is 16.9. The van der Waals surface area contributed by atoms with Crippen LogP contribution in [0.1, 0.15) is 24.8 Å². The Morgan fingerprint density at radius 3 is 2.43 bits per heavy atom. The second kappa shape index (κ2) is 7.81. The van der Waals surface area contributed by atoms with Crippen molar-refractivity contribution >= 4 is 44.8 Å². The van der Waals surface area contributed by atoms with E-state index in [1.165, 1.54) is 25.3 Å². The van der Waals surface area contributed by atoms with Gasteiger partial charge in [0, 0.05) is 17.9 Å². The maximum absolute atomic E-state index is 13.0. The van der Waals surface area contributed by atoms with Gasteiger partial charge >= 0.3 is 0 Å². The fourth-order valence-electron chi connectivity index (χ4n) is 2.97. The second-order valence-corrected chi connectivity index (χ2v) is 8.39. The highest BCUT2D eigenvalue weighted by Crippen LogP contribution is 2.33. The summed E-state index contributed by atoms with van der Waals surface area (Å²) in [6, 6.07) is 9.05. The molecular weight excluding hydrogens is 404 g/mol. The average Bonchev–Trinajstić information content (AvgIpc) is 2.65. The van der Waals surface area contributed by atoms with Crippen LogP contribution in [0, 0.1) is 6.92 Å². The maximum Gasteiger partial charge on any atom is 0.265 e. The van der Waals surface area contributed by atoms with Gasteiger partial charge in [0.2, 0.25) is 11.8 Å². The summed E-state index contributed by atoms with van der Waals surface area (Å²) in [4.78, 5) is 25.2. The smallest absolute Gasteiger partial charge is 0.265 e. The van der Waals surface area contributed by atoms with Crippen molar-refractivity contribution in [3.05, 3.63) is 47.0 Å². The lowest BCUT2D eigenvalue weighted by molar-refractivity contribution is -0.129. The minimum Gasteiger partial charge on any atom is -0.495 e. The number of methoxy groups -OCH3 is 1. The topological polar surface area (TPSA) is 92.8 Å². The van der Waals surface area contributed by atoms with Crippen molar-refractivity contribution in [2.75, 3.05) is 16.7 Å². The molecule has 2 aromatic carbocycles. The summed E-state index contributed by atoms with van der Waals surface area (Å²) in [5, 5.41) is 0.422. The van der Waals surface area contributed by atoms with Crippen molar-refractivity contribution < 1.29 is 22.7 Å². The third-order valence-electron chi connectivity index (χ3n) is 4.49. The predicted molar refractivity (Wildman–Crippen MR) is 106 cm³/mol. The summed E-state index contributed by atoms with van der Waals surface area (Å²) in [5.74, 6) is -0.625. The lowest BCUT2D eigenvalue weighted by Crippen LogP contribution is -2.40. The Hall–Kier alpha value is -2.58. The van der Waals surface area contributed by atoms with Crippen molar-refractivity contribution in [2.45, 2.75) is 31.1 Å². The van der Waals surface area contributed by atoms with Crippen LogP contribution in [0.15, 0.2) is 41.3 Å². The van der Waals surface area contributed by atoms with E-state index < -0.39 is 10.0 Å². The zero-order chi connectivity index (χ0) is 20.5. The van der Waals surface area contributed by atoms with Crippen LogP contribution in [0.2, 0.25) is 5.02 Å². The Morgan fingerprint density at radius 2 is 1.79 bits per heavy atom. The summed E-state index contributed by atoms with van der Waals surface area (Å²) in [5.41, 5.74) is 1.09. The molecule has 28 heavy (non-hydrogen) atoms. The summed E-state index contributed by atoms with van der Waals surface area (Å²) in [6.45, 7) is 1.69. The normalized spacial score (nSPS) is 14.9. The van der Waals surface area contributed by atoms with Gasteiger partial charge in [-0.1, -0.05) is 17.7 Å². The lowest BCUT2D eigenvalue weighted by atomic mass is 10.1. The molecule has 1 aliphatic rings. The number of nitrogens with zero attached hydrogens (tertiary/aromatic N) is 1. The molecule has 0 atom stereocenters. The van der Waals surface area contributed by atoms with Crippen LogP contribution >= 0.6 is 11.6 Å². The number of nitrogens with one attached hydrogen (secondary N) is 1. The first kappa shape index (κ1) is 20.2. The molecule has 9 heteroatoms. The van der Waals surface area contributed by atoms with E-state index in [0.717, 1.165) is 4.90 Å². The van der Waals surface area contributed by atoms with Gasteiger partial charge in [0.25, 0.3) is 10.0 Å². The number of hydrogen-bond acceptors (Lipinski definition) is 5. The number of carbonyl (C=O) groups is 2. The van der Waals surface area contributed by atoms with E-state index >= 15 is 0 Å². The average molecular weight is 423 g/mol. The van der Waals surface area contributed by atoms with Gasteiger partial charge in [0.1, 0.15) is 10.6 Å². The largest absolute Gasteiger partial charge is 0.495 e. The summed E-state index contributed by atoms with van der Waals surface area (Å²) < 4.78 is 33.7. The van der Waals surface area contributed by atoms with E-state index in [1.807, 2.05) is 0 Å². The van der Waals surface area contributed by atoms with Crippen molar-refractivity contribution in [1.29, 1.82) is 0 Å². The fraction of sp³-hybridized carbons (Fsp3) is 0.263. The monoisotopic (exact) mass is 422 g/mol. The quantitative estimate of drug-likeness (QED) is 0.744. The molecule has 0 saturated carbocycles. The SMILES string of the molecule is COc1ccc(N2C(=O)CCCC2=O)cc1S(=O)(=O)Nc1cccc(Cl)c1C. The van der Waals surface area contributed by atoms with E-state index in [2.05, 4.69) is 4.72 Å². The number of halogens is 1. The van der Waals surface area contributed by atoms with E-state index in [0.29, 0.717) is 22.7 Å². The van der Waals surface area contributed by atoms with Crippen LogP contribution in [0.4, 0.5) is 11.4 Å². The molecule has 0 spiro atoms. The highest BCUT2D eigenvalue weighted by molar-refractivity contribution is 7.92. The molecule has 148 valence electrons. The zero-order valence-electron chi connectivity index (χ0n) is 15.4. The standard InChI is InChI=1S/C19H19ClN2O5S/c1-12-14(20)5-3-6-15(12)21-28(25,26)17-11-13(9-10-16(17)27-2)22-18(23)7-4-8-19(22)24/h3,5-6,9-11,21H,4,7-8H2,1-2H3. The molecule has 1 N–H and O–H groups in total. The number of carbonyl (C=O) groups excluding carboxylic acids is 2. The molecule has 1 saturated heterocycles. The Balaban J connectivity index is 2.05. The highest BCUT2D eigenvalue weighted by atomic mass is 35.5. The van der Waals surface area contributed by atoms with Gasteiger partial charge < -0.3 is 4.74 Å². The van der Waals surface area contributed by atoms with E-state index in [4.69, 9.17) is 16.3 Å². The number of hydrogen-bond donors (Lipinski definition) is 1.